The van der Waals surface area contributed by atoms with E-state index in [1.807, 2.05) is 18.2 Å². The molecule has 1 fully saturated rings. The fourth-order valence-corrected chi connectivity index (χ4v) is 3.50. The van der Waals surface area contributed by atoms with Gasteiger partial charge >= 0.3 is 0 Å². The van der Waals surface area contributed by atoms with E-state index >= 15 is 0 Å². The number of rotatable bonds is 5. The largest absolute Gasteiger partial charge is 0.497 e. The van der Waals surface area contributed by atoms with Gasteiger partial charge < -0.3 is 20.5 Å². The Morgan fingerprint density at radius 1 is 1.00 bits per heavy atom. The van der Waals surface area contributed by atoms with Crippen molar-refractivity contribution in [2.24, 2.45) is 0 Å². The van der Waals surface area contributed by atoms with Gasteiger partial charge in [0.1, 0.15) is 17.3 Å². The molecule has 8 heteroatoms. The second kappa shape index (κ2) is 7.30. The molecule has 1 aliphatic carbocycles. The zero-order valence-electron chi connectivity index (χ0n) is 15.6. The Labute approximate surface area is 157 Å². The van der Waals surface area contributed by atoms with Crippen LogP contribution in [0.2, 0.25) is 0 Å². The van der Waals surface area contributed by atoms with Crippen molar-refractivity contribution in [2.45, 2.75) is 38.1 Å². The monoisotopic (exact) mass is 368 g/mol. The first-order chi connectivity index (χ1) is 13.2. The van der Waals surface area contributed by atoms with Gasteiger partial charge in [0, 0.05) is 23.7 Å². The quantitative estimate of drug-likeness (QED) is 0.713. The van der Waals surface area contributed by atoms with Crippen LogP contribution in [0.1, 0.15) is 32.1 Å². The van der Waals surface area contributed by atoms with Gasteiger partial charge in [0.05, 0.1) is 14.2 Å². The Hall–Kier alpha value is -3.03. The lowest BCUT2D eigenvalue weighted by Gasteiger charge is -2.23. The highest BCUT2D eigenvalue weighted by Crippen LogP contribution is 2.29. The maximum absolute atomic E-state index is 6.13. The third-order valence-electron chi connectivity index (χ3n) is 4.92. The van der Waals surface area contributed by atoms with E-state index in [2.05, 4.69) is 20.4 Å². The molecule has 0 atom stereocenters. The summed E-state index contributed by atoms with van der Waals surface area (Å²) < 4.78 is 12.2. The molecule has 1 aromatic carbocycles. The van der Waals surface area contributed by atoms with E-state index in [-0.39, 0.29) is 0 Å². The Bertz CT molecular complexity index is 927. The molecule has 0 spiro atoms. The normalized spacial score (nSPS) is 15.0. The minimum atomic E-state index is 0.305. The summed E-state index contributed by atoms with van der Waals surface area (Å²) in [5.74, 6) is 2.94. The van der Waals surface area contributed by atoms with Gasteiger partial charge in [-0.15, -0.1) is 5.10 Å². The summed E-state index contributed by atoms with van der Waals surface area (Å²) in [7, 11) is 3.22. The summed E-state index contributed by atoms with van der Waals surface area (Å²) in [6.45, 7) is 0. The van der Waals surface area contributed by atoms with Crippen LogP contribution in [-0.4, -0.2) is 39.8 Å². The second-order valence-electron chi connectivity index (χ2n) is 6.79. The van der Waals surface area contributed by atoms with Crippen molar-refractivity contribution in [3.63, 3.8) is 0 Å². The van der Waals surface area contributed by atoms with E-state index in [0.29, 0.717) is 35.0 Å². The number of nitrogens with zero attached hydrogens (tertiary/aromatic N) is 4. The van der Waals surface area contributed by atoms with Crippen LogP contribution in [0, 0.1) is 0 Å². The highest BCUT2D eigenvalue weighted by molar-refractivity contribution is 5.65. The molecular formula is C19H24N6O2. The molecule has 2 heterocycles. The summed E-state index contributed by atoms with van der Waals surface area (Å²) in [6, 6.07) is 7.86. The molecule has 4 rings (SSSR count). The lowest BCUT2D eigenvalue weighted by atomic mass is 9.95. The first kappa shape index (κ1) is 17.4. The molecule has 0 radical (unpaired) electrons. The molecule has 0 bridgehead atoms. The second-order valence-corrected chi connectivity index (χ2v) is 6.79. The molecule has 0 amide bonds. The minimum Gasteiger partial charge on any atom is -0.497 e. The molecule has 0 aliphatic heterocycles. The Morgan fingerprint density at radius 2 is 1.70 bits per heavy atom. The Balaban J connectivity index is 1.68. The lowest BCUT2D eigenvalue weighted by molar-refractivity contribution is 0.394. The number of anilines is 2. The first-order valence-corrected chi connectivity index (χ1v) is 9.19. The number of ether oxygens (including phenoxy) is 2. The van der Waals surface area contributed by atoms with Gasteiger partial charge in [0.15, 0.2) is 11.5 Å². The van der Waals surface area contributed by atoms with E-state index in [1.165, 1.54) is 19.3 Å². The number of aromatic nitrogens is 4. The van der Waals surface area contributed by atoms with Crippen LogP contribution in [0.4, 0.5) is 11.8 Å². The molecule has 0 saturated heterocycles. The predicted octanol–water partition coefficient (Wildman–Crippen LogP) is 3.14. The molecule has 1 aliphatic rings. The van der Waals surface area contributed by atoms with E-state index in [1.54, 1.807) is 24.8 Å². The van der Waals surface area contributed by atoms with Crippen LogP contribution in [-0.2, 0) is 0 Å². The summed E-state index contributed by atoms with van der Waals surface area (Å²) in [4.78, 5) is 9.08. The van der Waals surface area contributed by atoms with Gasteiger partial charge in [-0.05, 0) is 25.0 Å². The minimum absolute atomic E-state index is 0.305. The van der Waals surface area contributed by atoms with Crippen molar-refractivity contribution in [2.75, 3.05) is 25.3 Å². The third-order valence-corrected chi connectivity index (χ3v) is 4.92. The lowest BCUT2D eigenvalue weighted by Crippen LogP contribution is -2.23. The van der Waals surface area contributed by atoms with E-state index in [0.717, 1.165) is 24.2 Å². The standard InChI is InChI=1S/C19H24N6O2/c1-26-14-8-12(9-15(10-14)27-2)18-23-17-11-16(22-19(20)25(17)24-18)21-13-6-4-3-5-7-13/h8-11,13,21H,3-7H2,1-2H3,(H2,20,22). The van der Waals surface area contributed by atoms with E-state index < -0.39 is 0 Å². The zero-order chi connectivity index (χ0) is 18.8. The van der Waals surface area contributed by atoms with Crippen LogP contribution < -0.4 is 20.5 Å². The van der Waals surface area contributed by atoms with Crippen LogP contribution in [0.15, 0.2) is 24.3 Å². The number of methoxy groups -OCH3 is 2. The Morgan fingerprint density at radius 3 is 2.37 bits per heavy atom. The van der Waals surface area contributed by atoms with Crippen molar-refractivity contribution in [1.82, 2.24) is 19.6 Å². The average Bonchev–Trinajstić information content (AvgIpc) is 3.13. The van der Waals surface area contributed by atoms with Gasteiger partial charge in [-0.3, -0.25) is 0 Å². The van der Waals surface area contributed by atoms with Gasteiger partial charge in [-0.1, -0.05) is 19.3 Å². The molecule has 8 nitrogen and oxygen atoms in total. The van der Waals surface area contributed by atoms with Crippen LogP contribution >= 0.6 is 0 Å². The maximum Gasteiger partial charge on any atom is 0.225 e. The van der Waals surface area contributed by atoms with Gasteiger partial charge in [0.25, 0.3) is 0 Å². The number of nitrogens with two attached hydrogens (primary N) is 1. The molecule has 27 heavy (non-hydrogen) atoms. The molecule has 3 N–H and O–H groups in total. The smallest absolute Gasteiger partial charge is 0.225 e. The summed E-state index contributed by atoms with van der Waals surface area (Å²) in [5, 5.41) is 7.99. The molecular weight excluding hydrogens is 344 g/mol. The molecule has 1 saturated carbocycles. The van der Waals surface area contributed by atoms with E-state index in [9.17, 15) is 0 Å². The summed E-state index contributed by atoms with van der Waals surface area (Å²) in [5.41, 5.74) is 7.56. The molecule has 3 aromatic rings. The summed E-state index contributed by atoms with van der Waals surface area (Å²) >= 11 is 0. The van der Waals surface area contributed by atoms with E-state index in [4.69, 9.17) is 15.2 Å². The number of hydrogen-bond donors (Lipinski definition) is 2. The van der Waals surface area contributed by atoms with Crippen LogP contribution in [0.5, 0.6) is 11.5 Å². The third kappa shape index (κ3) is 3.60. The number of nitrogen functional groups attached to an aromatic ring is 1. The van der Waals surface area contributed by atoms with Crippen molar-refractivity contribution < 1.29 is 9.47 Å². The number of benzene rings is 1. The first-order valence-electron chi connectivity index (χ1n) is 9.19. The highest BCUT2D eigenvalue weighted by Gasteiger charge is 2.16. The SMILES string of the molecule is COc1cc(OC)cc(-c2nc3cc(NC4CCCCC4)nc(N)n3n2)c1. The molecule has 2 aromatic heterocycles. The van der Waals surface area contributed by atoms with Crippen molar-refractivity contribution in [3.8, 4) is 22.9 Å². The number of fused-ring (bicyclic) bond motifs is 1. The molecule has 142 valence electrons. The van der Waals surface area contributed by atoms with Gasteiger partial charge in [0.2, 0.25) is 5.95 Å². The average molecular weight is 368 g/mol. The Kier molecular flexibility index (Phi) is 4.70. The summed E-state index contributed by atoms with van der Waals surface area (Å²) in [6.07, 6.45) is 6.14. The van der Waals surface area contributed by atoms with Crippen LogP contribution in [0.3, 0.4) is 0 Å². The zero-order valence-corrected chi connectivity index (χ0v) is 15.6. The van der Waals surface area contributed by atoms with Crippen molar-refractivity contribution in [1.29, 1.82) is 0 Å². The number of nitrogens with one attached hydrogen (secondary N) is 1. The topological polar surface area (TPSA) is 99.6 Å². The van der Waals surface area contributed by atoms with Gasteiger partial charge in [-0.2, -0.15) is 9.50 Å². The van der Waals surface area contributed by atoms with Crippen molar-refractivity contribution >= 4 is 17.4 Å². The van der Waals surface area contributed by atoms with Crippen LogP contribution in [0.25, 0.3) is 17.0 Å². The fourth-order valence-electron chi connectivity index (χ4n) is 3.50. The predicted molar refractivity (Wildman–Crippen MR) is 104 cm³/mol. The van der Waals surface area contributed by atoms with Gasteiger partial charge in [-0.25, -0.2) is 4.98 Å². The van der Waals surface area contributed by atoms with Crippen molar-refractivity contribution in [3.05, 3.63) is 24.3 Å². The maximum atomic E-state index is 6.13. The fraction of sp³-hybridized carbons (Fsp3) is 0.421. The molecule has 0 unspecified atom stereocenters. The number of hydrogen-bond acceptors (Lipinski definition) is 7. The highest BCUT2D eigenvalue weighted by atomic mass is 16.5.